The van der Waals surface area contributed by atoms with Crippen molar-refractivity contribution in [3.8, 4) is 0 Å². The quantitative estimate of drug-likeness (QED) is 0.615. The first-order valence-corrected chi connectivity index (χ1v) is 7.83. The van der Waals surface area contributed by atoms with Gasteiger partial charge in [0.25, 0.3) is 0 Å². The second-order valence-electron chi connectivity index (χ2n) is 5.68. The van der Waals surface area contributed by atoms with Gasteiger partial charge in [-0.25, -0.2) is 0 Å². The van der Waals surface area contributed by atoms with Gasteiger partial charge in [-0.2, -0.15) is 0 Å². The van der Waals surface area contributed by atoms with Gasteiger partial charge < -0.3 is 16.0 Å². The minimum Gasteiger partial charge on any atom is -0.392 e. The summed E-state index contributed by atoms with van der Waals surface area (Å²) >= 11 is 0. The lowest BCUT2D eigenvalue weighted by Gasteiger charge is -2.24. The minimum absolute atomic E-state index is 0.0882. The molecule has 0 aliphatic heterocycles. The van der Waals surface area contributed by atoms with E-state index in [9.17, 15) is 0 Å². The third-order valence-electron chi connectivity index (χ3n) is 3.86. The Hall–Kier alpha value is -2.42. The molecule has 1 aromatic carbocycles. The topological polar surface area (TPSA) is 36.1 Å². The van der Waals surface area contributed by atoms with E-state index in [1.807, 2.05) is 20.2 Å². The number of hydrogen-bond donors (Lipinski definition) is 3. The molecule has 1 unspecified atom stereocenters. The summed E-state index contributed by atoms with van der Waals surface area (Å²) in [5, 5.41) is 9.69. The molecule has 0 bridgehead atoms. The highest BCUT2D eigenvalue weighted by molar-refractivity contribution is 5.66. The second-order valence-corrected chi connectivity index (χ2v) is 5.68. The van der Waals surface area contributed by atoms with Crippen LogP contribution in [0.5, 0.6) is 0 Å². The second kappa shape index (κ2) is 8.89. The molecule has 0 amide bonds. The Bertz CT molecular complexity index is 599. The Labute approximate surface area is 140 Å². The number of aryl methyl sites for hydroxylation is 1. The predicted molar refractivity (Wildman–Crippen MR) is 103 cm³/mol. The van der Waals surface area contributed by atoms with E-state index in [1.54, 1.807) is 0 Å². The van der Waals surface area contributed by atoms with E-state index >= 15 is 0 Å². The highest BCUT2D eigenvalue weighted by Crippen LogP contribution is 2.19. The van der Waals surface area contributed by atoms with Crippen molar-refractivity contribution in [1.82, 2.24) is 16.0 Å². The van der Waals surface area contributed by atoms with E-state index < -0.39 is 0 Å². The number of hydrogen-bond acceptors (Lipinski definition) is 3. The Morgan fingerprint density at radius 1 is 1.13 bits per heavy atom. The van der Waals surface area contributed by atoms with Gasteiger partial charge in [-0.05, 0) is 48.6 Å². The fourth-order valence-electron chi connectivity index (χ4n) is 2.35. The summed E-state index contributed by atoms with van der Waals surface area (Å²) in [7, 11) is 3.77. The van der Waals surface area contributed by atoms with Gasteiger partial charge in [0.2, 0.25) is 0 Å². The van der Waals surface area contributed by atoms with Crippen LogP contribution in [-0.2, 0) is 0 Å². The monoisotopic (exact) mass is 311 g/mol. The zero-order chi connectivity index (χ0) is 17.4. The van der Waals surface area contributed by atoms with Crippen LogP contribution >= 0.6 is 0 Å². The predicted octanol–water partition coefficient (Wildman–Crippen LogP) is 3.81. The van der Waals surface area contributed by atoms with Gasteiger partial charge in [-0.1, -0.05) is 38.5 Å². The SMILES string of the molecule is C=Cc1cc(C)cc(C(=C)NC(CCC(=C)NC)C(=C)NC)c1. The zero-order valence-electron chi connectivity index (χ0n) is 14.6. The summed E-state index contributed by atoms with van der Waals surface area (Å²) in [5.74, 6) is 0. The fraction of sp³-hybridized carbons (Fsp3) is 0.300. The normalized spacial score (nSPS) is 11.3. The largest absolute Gasteiger partial charge is 0.392 e. The molecule has 23 heavy (non-hydrogen) atoms. The Morgan fingerprint density at radius 3 is 2.39 bits per heavy atom. The molecular weight excluding hydrogens is 282 g/mol. The van der Waals surface area contributed by atoms with E-state index in [-0.39, 0.29) is 6.04 Å². The molecule has 0 aromatic heterocycles. The number of allylic oxidation sites excluding steroid dienone is 1. The van der Waals surface area contributed by atoms with E-state index in [0.717, 1.165) is 41.1 Å². The standard InChI is InChI=1S/C20H29N3/c1-8-18-11-14(2)12-19(13-18)16(4)23-20(17(5)22-7)10-9-15(3)21-6/h8,11-13,20-23H,1,3-5,9-10H2,2,6-7H3. The molecule has 0 fully saturated rings. The van der Waals surface area contributed by atoms with Crippen molar-refractivity contribution in [3.63, 3.8) is 0 Å². The van der Waals surface area contributed by atoms with E-state index in [2.05, 4.69) is 67.4 Å². The summed E-state index contributed by atoms with van der Waals surface area (Å²) in [6, 6.07) is 6.39. The van der Waals surface area contributed by atoms with Crippen molar-refractivity contribution < 1.29 is 0 Å². The van der Waals surface area contributed by atoms with Crippen molar-refractivity contribution in [1.29, 1.82) is 0 Å². The molecule has 1 atom stereocenters. The molecule has 0 aliphatic rings. The molecule has 0 radical (unpaired) electrons. The van der Waals surface area contributed by atoms with Gasteiger partial charge in [-0.15, -0.1) is 0 Å². The first-order valence-electron chi connectivity index (χ1n) is 7.83. The molecule has 0 spiro atoms. The van der Waals surface area contributed by atoms with Crippen LogP contribution in [0.1, 0.15) is 29.5 Å². The highest BCUT2D eigenvalue weighted by Gasteiger charge is 2.13. The number of benzene rings is 1. The van der Waals surface area contributed by atoms with Crippen LogP contribution in [0.15, 0.2) is 55.9 Å². The zero-order valence-corrected chi connectivity index (χ0v) is 14.6. The lowest BCUT2D eigenvalue weighted by atomic mass is 10.0. The molecule has 3 nitrogen and oxygen atoms in total. The maximum atomic E-state index is 4.19. The third kappa shape index (κ3) is 5.70. The lowest BCUT2D eigenvalue weighted by molar-refractivity contribution is 0.582. The summed E-state index contributed by atoms with van der Waals surface area (Å²) in [6.07, 6.45) is 3.61. The molecule has 0 saturated heterocycles. The van der Waals surface area contributed by atoms with Crippen LogP contribution in [0.25, 0.3) is 11.8 Å². The van der Waals surface area contributed by atoms with Crippen molar-refractivity contribution in [2.24, 2.45) is 0 Å². The summed E-state index contributed by atoms with van der Waals surface area (Å²) < 4.78 is 0. The molecule has 0 saturated carbocycles. The van der Waals surface area contributed by atoms with Crippen LogP contribution in [-0.4, -0.2) is 20.1 Å². The van der Waals surface area contributed by atoms with Gasteiger partial charge in [-0.3, -0.25) is 0 Å². The van der Waals surface area contributed by atoms with Crippen LogP contribution in [0.2, 0.25) is 0 Å². The average molecular weight is 311 g/mol. The molecule has 124 valence electrons. The summed E-state index contributed by atoms with van der Waals surface area (Å²) in [6.45, 7) is 18.2. The minimum atomic E-state index is 0.0882. The van der Waals surface area contributed by atoms with E-state index in [4.69, 9.17) is 0 Å². The van der Waals surface area contributed by atoms with Crippen LogP contribution in [0.3, 0.4) is 0 Å². The average Bonchev–Trinajstić information content (AvgIpc) is 2.56. The molecule has 1 aromatic rings. The molecular formula is C20H29N3. The van der Waals surface area contributed by atoms with Crippen LogP contribution in [0.4, 0.5) is 0 Å². The molecule has 0 heterocycles. The molecule has 3 N–H and O–H groups in total. The first kappa shape index (κ1) is 18.6. The van der Waals surface area contributed by atoms with Crippen molar-refractivity contribution in [2.75, 3.05) is 14.1 Å². The van der Waals surface area contributed by atoms with E-state index in [1.165, 1.54) is 5.56 Å². The summed E-state index contributed by atoms with van der Waals surface area (Å²) in [4.78, 5) is 0. The van der Waals surface area contributed by atoms with Gasteiger partial charge in [0.15, 0.2) is 0 Å². The Balaban J connectivity index is 2.87. The Kier molecular flexibility index (Phi) is 7.20. The van der Waals surface area contributed by atoms with Gasteiger partial charge in [0, 0.05) is 31.2 Å². The highest BCUT2D eigenvalue weighted by atomic mass is 15.0. The molecule has 1 rings (SSSR count). The lowest BCUT2D eigenvalue weighted by Crippen LogP contribution is -2.34. The number of rotatable bonds is 10. The van der Waals surface area contributed by atoms with Crippen LogP contribution < -0.4 is 16.0 Å². The van der Waals surface area contributed by atoms with E-state index in [0.29, 0.717) is 0 Å². The van der Waals surface area contributed by atoms with Crippen molar-refractivity contribution in [3.05, 3.63) is 72.6 Å². The molecule has 3 heteroatoms. The smallest absolute Gasteiger partial charge is 0.0657 e. The van der Waals surface area contributed by atoms with Crippen LogP contribution in [0, 0.1) is 6.92 Å². The van der Waals surface area contributed by atoms with Crippen molar-refractivity contribution in [2.45, 2.75) is 25.8 Å². The maximum absolute atomic E-state index is 4.19. The fourth-order valence-corrected chi connectivity index (χ4v) is 2.35. The first-order chi connectivity index (χ1) is 10.9. The van der Waals surface area contributed by atoms with Gasteiger partial charge in [0.05, 0.1) is 6.04 Å². The molecule has 0 aliphatic carbocycles. The maximum Gasteiger partial charge on any atom is 0.0657 e. The number of likely N-dealkylation sites (N-methyl/N-ethyl adjacent to an activating group) is 1. The van der Waals surface area contributed by atoms with Gasteiger partial charge in [0.1, 0.15) is 0 Å². The third-order valence-corrected chi connectivity index (χ3v) is 3.86. The Morgan fingerprint density at radius 2 is 1.83 bits per heavy atom. The number of nitrogens with one attached hydrogen (secondary N) is 3. The van der Waals surface area contributed by atoms with Gasteiger partial charge >= 0.3 is 0 Å². The summed E-state index contributed by atoms with van der Waals surface area (Å²) in [5.41, 5.74) is 6.18. The van der Waals surface area contributed by atoms with Crippen molar-refractivity contribution >= 4 is 11.8 Å².